The van der Waals surface area contributed by atoms with Crippen molar-refractivity contribution < 1.29 is 14.3 Å². The van der Waals surface area contributed by atoms with Gasteiger partial charge in [-0.15, -0.1) is 0 Å². The molecule has 0 fully saturated rings. The minimum absolute atomic E-state index is 0.0646. The van der Waals surface area contributed by atoms with Crippen LogP contribution in [0.25, 0.3) is 0 Å². The van der Waals surface area contributed by atoms with Crippen LogP contribution >= 0.6 is 0 Å². The van der Waals surface area contributed by atoms with E-state index in [-0.39, 0.29) is 23.6 Å². The van der Waals surface area contributed by atoms with Crippen LogP contribution in [-0.2, 0) is 0 Å². The maximum atomic E-state index is 13.2. The standard InChI is InChI=1S/C16H24FNO2/c1-4-6-9-18(12(3)5-2)11-16(20)14-10-13(17)7-8-15(14)19/h7-8,10,12,19H,4-6,9,11H2,1-3H3. The van der Waals surface area contributed by atoms with E-state index in [0.717, 1.165) is 37.9 Å². The number of hydrogen-bond donors (Lipinski definition) is 1. The number of ketones is 1. The smallest absolute Gasteiger partial charge is 0.180 e. The van der Waals surface area contributed by atoms with Gasteiger partial charge in [-0.05, 0) is 44.5 Å². The molecule has 0 spiro atoms. The van der Waals surface area contributed by atoms with E-state index in [2.05, 4.69) is 25.7 Å². The lowest BCUT2D eigenvalue weighted by Gasteiger charge is -2.27. The largest absolute Gasteiger partial charge is 0.507 e. The predicted molar refractivity (Wildman–Crippen MR) is 78.6 cm³/mol. The van der Waals surface area contributed by atoms with Crippen LogP contribution in [-0.4, -0.2) is 34.9 Å². The number of aromatic hydroxyl groups is 1. The molecule has 0 radical (unpaired) electrons. The zero-order chi connectivity index (χ0) is 15.1. The highest BCUT2D eigenvalue weighted by atomic mass is 19.1. The zero-order valence-corrected chi connectivity index (χ0v) is 12.5. The number of phenols is 1. The molecule has 0 aliphatic carbocycles. The number of rotatable bonds is 8. The van der Waals surface area contributed by atoms with E-state index in [1.54, 1.807) is 0 Å². The first-order chi connectivity index (χ1) is 9.49. The van der Waals surface area contributed by atoms with Crippen molar-refractivity contribution in [2.75, 3.05) is 13.1 Å². The van der Waals surface area contributed by atoms with Crippen molar-refractivity contribution in [1.82, 2.24) is 4.90 Å². The van der Waals surface area contributed by atoms with Gasteiger partial charge in [0.25, 0.3) is 0 Å². The van der Waals surface area contributed by atoms with Gasteiger partial charge in [0.15, 0.2) is 5.78 Å². The minimum atomic E-state index is -0.505. The lowest BCUT2D eigenvalue weighted by atomic mass is 10.1. The van der Waals surface area contributed by atoms with Gasteiger partial charge in [-0.1, -0.05) is 20.3 Å². The van der Waals surface area contributed by atoms with Crippen LogP contribution in [0.4, 0.5) is 4.39 Å². The van der Waals surface area contributed by atoms with Crippen molar-refractivity contribution in [3.63, 3.8) is 0 Å². The van der Waals surface area contributed by atoms with Crippen LogP contribution in [0.15, 0.2) is 18.2 Å². The fourth-order valence-corrected chi connectivity index (χ4v) is 2.08. The first kappa shape index (κ1) is 16.6. The molecule has 1 aromatic rings. The van der Waals surface area contributed by atoms with Crippen LogP contribution in [0.5, 0.6) is 5.75 Å². The Bertz CT molecular complexity index is 448. The number of Topliss-reactive ketones (excluding diaryl/α,β-unsaturated/α-hetero) is 1. The molecule has 112 valence electrons. The maximum Gasteiger partial charge on any atom is 0.180 e. The summed E-state index contributed by atoms with van der Waals surface area (Å²) in [5.74, 6) is -0.899. The van der Waals surface area contributed by atoms with Crippen LogP contribution in [0.3, 0.4) is 0 Å². The van der Waals surface area contributed by atoms with Gasteiger partial charge >= 0.3 is 0 Å². The Labute approximate surface area is 120 Å². The normalized spacial score (nSPS) is 12.7. The van der Waals surface area contributed by atoms with Crippen LogP contribution in [0.2, 0.25) is 0 Å². The lowest BCUT2D eigenvalue weighted by molar-refractivity contribution is 0.0891. The van der Waals surface area contributed by atoms with Gasteiger partial charge in [-0.3, -0.25) is 9.69 Å². The third kappa shape index (κ3) is 4.60. The van der Waals surface area contributed by atoms with Gasteiger partial charge < -0.3 is 5.11 Å². The minimum Gasteiger partial charge on any atom is -0.507 e. The fourth-order valence-electron chi connectivity index (χ4n) is 2.08. The third-order valence-electron chi connectivity index (χ3n) is 3.62. The van der Waals surface area contributed by atoms with Gasteiger partial charge in [0.1, 0.15) is 11.6 Å². The molecule has 1 atom stereocenters. The van der Waals surface area contributed by atoms with E-state index >= 15 is 0 Å². The molecule has 0 aromatic heterocycles. The summed E-state index contributed by atoms with van der Waals surface area (Å²) in [7, 11) is 0. The number of nitrogens with zero attached hydrogens (tertiary/aromatic N) is 1. The van der Waals surface area contributed by atoms with Crippen molar-refractivity contribution in [3.05, 3.63) is 29.6 Å². The van der Waals surface area contributed by atoms with E-state index < -0.39 is 5.82 Å². The number of phenolic OH excluding ortho intramolecular Hbond substituents is 1. The molecule has 1 rings (SSSR count). The topological polar surface area (TPSA) is 40.5 Å². The first-order valence-electron chi connectivity index (χ1n) is 7.25. The summed E-state index contributed by atoms with van der Waals surface area (Å²) < 4.78 is 13.2. The highest BCUT2D eigenvalue weighted by Gasteiger charge is 2.19. The van der Waals surface area contributed by atoms with Crippen molar-refractivity contribution >= 4 is 5.78 Å². The predicted octanol–water partition coefficient (Wildman–Crippen LogP) is 3.61. The molecule has 0 bridgehead atoms. The van der Waals surface area contributed by atoms with Gasteiger partial charge in [0, 0.05) is 6.04 Å². The first-order valence-corrected chi connectivity index (χ1v) is 7.25. The van der Waals surface area contributed by atoms with Crippen molar-refractivity contribution in [2.24, 2.45) is 0 Å². The van der Waals surface area contributed by atoms with Gasteiger partial charge in [-0.25, -0.2) is 4.39 Å². The van der Waals surface area contributed by atoms with E-state index in [4.69, 9.17) is 0 Å². The zero-order valence-electron chi connectivity index (χ0n) is 12.5. The van der Waals surface area contributed by atoms with E-state index in [9.17, 15) is 14.3 Å². The summed E-state index contributed by atoms with van der Waals surface area (Å²) in [5, 5.41) is 9.68. The maximum absolute atomic E-state index is 13.2. The molecule has 1 unspecified atom stereocenters. The molecule has 0 aliphatic heterocycles. The summed E-state index contributed by atoms with van der Waals surface area (Å²) in [4.78, 5) is 14.3. The quantitative estimate of drug-likeness (QED) is 0.740. The third-order valence-corrected chi connectivity index (χ3v) is 3.62. The number of halogens is 1. The van der Waals surface area contributed by atoms with Crippen LogP contribution < -0.4 is 0 Å². The fraction of sp³-hybridized carbons (Fsp3) is 0.562. The molecule has 0 saturated carbocycles. The molecule has 3 nitrogen and oxygen atoms in total. The van der Waals surface area contributed by atoms with Crippen molar-refractivity contribution in [2.45, 2.75) is 46.1 Å². The summed E-state index contributed by atoms with van der Waals surface area (Å²) in [6.07, 6.45) is 3.03. The Hall–Kier alpha value is -1.42. The van der Waals surface area contributed by atoms with Crippen LogP contribution in [0.1, 0.15) is 50.4 Å². The molecule has 0 aliphatic rings. The monoisotopic (exact) mass is 281 g/mol. The summed E-state index contributed by atoms with van der Waals surface area (Å²) >= 11 is 0. The molecule has 0 amide bonds. The van der Waals surface area contributed by atoms with Crippen molar-refractivity contribution in [3.8, 4) is 5.75 Å². The molecular weight excluding hydrogens is 257 g/mol. The van der Waals surface area contributed by atoms with Gasteiger partial charge in [0.05, 0.1) is 12.1 Å². The average Bonchev–Trinajstić information content (AvgIpc) is 2.44. The molecule has 1 N–H and O–H groups in total. The Kier molecular flexibility index (Phi) is 6.65. The number of hydrogen-bond acceptors (Lipinski definition) is 3. The summed E-state index contributed by atoms with van der Waals surface area (Å²) in [6, 6.07) is 3.77. The van der Waals surface area contributed by atoms with Crippen molar-refractivity contribution in [1.29, 1.82) is 0 Å². The summed E-state index contributed by atoms with van der Waals surface area (Å²) in [6.45, 7) is 7.32. The second-order valence-corrected chi connectivity index (χ2v) is 5.17. The highest BCUT2D eigenvalue weighted by Crippen LogP contribution is 2.19. The number of carbonyl (C=O) groups is 1. The molecule has 4 heteroatoms. The second kappa shape index (κ2) is 8.00. The van der Waals surface area contributed by atoms with Gasteiger partial charge in [0.2, 0.25) is 0 Å². The SMILES string of the molecule is CCCCN(CC(=O)c1cc(F)ccc1O)C(C)CC. The Morgan fingerprint density at radius 1 is 1.40 bits per heavy atom. The molecule has 0 saturated heterocycles. The second-order valence-electron chi connectivity index (χ2n) is 5.17. The Balaban J connectivity index is 2.81. The lowest BCUT2D eigenvalue weighted by Crippen LogP contribution is -2.37. The average molecular weight is 281 g/mol. The van der Waals surface area contributed by atoms with Crippen LogP contribution in [0, 0.1) is 5.82 Å². The van der Waals surface area contributed by atoms with E-state index in [0.29, 0.717) is 6.04 Å². The Morgan fingerprint density at radius 2 is 2.10 bits per heavy atom. The van der Waals surface area contributed by atoms with E-state index in [1.807, 2.05) is 0 Å². The number of benzene rings is 1. The Morgan fingerprint density at radius 3 is 2.70 bits per heavy atom. The number of carbonyl (C=O) groups excluding carboxylic acids is 1. The van der Waals surface area contributed by atoms with Gasteiger partial charge in [-0.2, -0.15) is 0 Å². The summed E-state index contributed by atoms with van der Waals surface area (Å²) in [5.41, 5.74) is 0.0646. The molecular formula is C16H24FNO2. The highest BCUT2D eigenvalue weighted by molar-refractivity contribution is 6.00. The van der Waals surface area contributed by atoms with E-state index in [1.165, 1.54) is 6.07 Å². The molecule has 1 aromatic carbocycles. The number of unbranched alkanes of at least 4 members (excludes halogenated alkanes) is 1. The molecule has 0 heterocycles. The molecule has 20 heavy (non-hydrogen) atoms.